The molecule has 66 heavy (non-hydrogen) atoms. The zero-order valence-electron chi connectivity index (χ0n) is 45.3. The van der Waals surface area contributed by atoms with Crippen molar-refractivity contribution in [2.24, 2.45) is 11.8 Å². The lowest BCUT2D eigenvalue weighted by Crippen LogP contribution is -2.30. The minimum Gasteiger partial charge on any atom is -0.462 e. The predicted octanol–water partition coefficient (Wildman–Crippen LogP) is 19.7. The minimum absolute atomic E-state index is 0.0628. The predicted molar refractivity (Wildman–Crippen MR) is 284 cm³/mol. The summed E-state index contributed by atoms with van der Waals surface area (Å²) in [6.07, 6.45) is 56.6. The highest BCUT2D eigenvalue weighted by Gasteiger charge is 2.19. The van der Waals surface area contributed by atoms with Crippen molar-refractivity contribution in [1.29, 1.82) is 0 Å². The van der Waals surface area contributed by atoms with E-state index < -0.39 is 6.10 Å². The average Bonchev–Trinajstić information content (AvgIpc) is 3.30. The summed E-state index contributed by atoms with van der Waals surface area (Å²) < 4.78 is 16.9. The summed E-state index contributed by atoms with van der Waals surface area (Å²) in [5, 5.41) is 0. The summed E-state index contributed by atoms with van der Waals surface area (Å²) in [5.41, 5.74) is 0. The molecule has 0 aromatic heterocycles. The molecule has 0 bridgehead atoms. The number of esters is 3. The van der Waals surface area contributed by atoms with Gasteiger partial charge < -0.3 is 14.2 Å². The molecule has 6 heteroatoms. The number of hydrogen-bond donors (Lipinski definition) is 0. The Morgan fingerprint density at radius 1 is 0.318 bits per heavy atom. The molecule has 0 rings (SSSR count). The smallest absolute Gasteiger partial charge is 0.306 e. The molecule has 1 unspecified atom stereocenters. The van der Waals surface area contributed by atoms with Gasteiger partial charge in [0, 0.05) is 19.3 Å². The van der Waals surface area contributed by atoms with E-state index in [1.54, 1.807) is 0 Å². The first-order valence-electron chi connectivity index (χ1n) is 29.8. The second kappa shape index (κ2) is 52.8. The van der Waals surface area contributed by atoms with Crippen molar-refractivity contribution in [2.75, 3.05) is 13.2 Å². The molecule has 0 heterocycles. The van der Waals surface area contributed by atoms with Crippen molar-refractivity contribution >= 4 is 17.9 Å². The first kappa shape index (κ1) is 64.4. The Bertz CT molecular complexity index is 1010. The highest BCUT2D eigenvalue weighted by atomic mass is 16.6. The summed E-state index contributed by atoms with van der Waals surface area (Å²) in [6.45, 7) is 11.4. The second-order valence-corrected chi connectivity index (χ2v) is 21.4. The van der Waals surface area contributed by atoms with Gasteiger partial charge in [0.05, 0.1) is 0 Å². The molecule has 0 spiro atoms. The summed E-state index contributed by atoms with van der Waals surface area (Å²) in [6, 6.07) is 0. The van der Waals surface area contributed by atoms with Gasteiger partial charge in [0.25, 0.3) is 0 Å². The van der Waals surface area contributed by atoms with Crippen LogP contribution in [0.1, 0.15) is 336 Å². The number of unbranched alkanes of at least 4 members (excludes halogenated alkanes) is 38. The van der Waals surface area contributed by atoms with Crippen molar-refractivity contribution in [3.8, 4) is 0 Å². The highest BCUT2D eigenvalue weighted by Crippen LogP contribution is 2.19. The summed E-state index contributed by atoms with van der Waals surface area (Å²) in [7, 11) is 0. The minimum atomic E-state index is -0.763. The molecule has 6 nitrogen and oxygen atoms in total. The number of rotatable bonds is 54. The molecule has 0 radical (unpaired) electrons. The molecule has 0 fully saturated rings. The van der Waals surface area contributed by atoms with Crippen molar-refractivity contribution in [2.45, 2.75) is 343 Å². The van der Waals surface area contributed by atoms with Crippen molar-refractivity contribution in [1.82, 2.24) is 0 Å². The molecule has 0 aliphatic carbocycles. The van der Waals surface area contributed by atoms with Crippen LogP contribution in [0.4, 0.5) is 0 Å². The lowest BCUT2D eigenvalue weighted by atomic mass is 9.99. The zero-order valence-corrected chi connectivity index (χ0v) is 45.3. The fourth-order valence-corrected chi connectivity index (χ4v) is 9.20. The Balaban J connectivity index is 4.27. The molecule has 0 N–H and O–H groups in total. The molecule has 0 amide bonds. The first-order valence-corrected chi connectivity index (χ1v) is 29.8. The number of ether oxygens (including phenoxy) is 3. The number of carbonyl (C=O) groups excluding carboxylic acids is 3. The van der Waals surface area contributed by atoms with E-state index in [0.29, 0.717) is 19.3 Å². The third-order valence-electron chi connectivity index (χ3n) is 14.1. The van der Waals surface area contributed by atoms with E-state index in [1.165, 1.54) is 225 Å². The van der Waals surface area contributed by atoms with Crippen LogP contribution in [0.3, 0.4) is 0 Å². The second-order valence-electron chi connectivity index (χ2n) is 21.4. The van der Waals surface area contributed by atoms with Gasteiger partial charge in [0.1, 0.15) is 13.2 Å². The lowest BCUT2D eigenvalue weighted by Gasteiger charge is -2.18. The molecule has 2 atom stereocenters. The fraction of sp³-hybridized carbons (Fsp3) is 0.950. The molecule has 392 valence electrons. The molecule has 0 aromatic rings. The lowest BCUT2D eigenvalue weighted by molar-refractivity contribution is -0.167. The van der Waals surface area contributed by atoms with Gasteiger partial charge in [0.2, 0.25) is 0 Å². The normalized spacial score (nSPS) is 12.5. The Morgan fingerprint density at radius 2 is 0.576 bits per heavy atom. The van der Waals surface area contributed by atoms with Gasteiger partial charge in [-0.05, 0) is 31.1 Å². The first-order chi connectivity index (χ1) is 32.3. The molecule has 0 saturated heterocycles. The van der Waals surface area contributed by atoms with Gasteiger partial charge >= 0.3 is 17.9 Å². The van der Waals surface area contributed by atoms with Gasteiger partial charge in [-0.2, -0.15) is 0 Å². The summed E-state index contributed by atoms with van der Waals surface area (Å²) in [4.78, 5) is 38.2. The van der Waals surface area contributed by atoms with E-state index in [1.807, 2.05) is 0 Å². The number of hydrogen-bond acceptors (Lipinski definition) is 6. The van der Waals surface area contributed by atoms with Crippen LogP contribution >= 0.6 is 0 Å². The molecular weight excluding hydrogens is 817 g/mol. The van der Waals surface area contributed by atoms with E-state index in [2.05, 4.69) is 34.6 Å². The largest absolute Gasteiger partial charge is 0.462 e. The molecule has 0 aliphatic heterocycles. The molecule has 0 aromatic carbocycles. The van der Waals surface area contributed by atoms with E-state index in [0.717, 1.165) is 69.6 Å². The van der Waals surface area contributed by atoms with Crippen LogP contribution in [0.25, 0.3) is 0 Å². The van der Waals surface area contributed by atoms with Gasteiger partial charge in [-0.3, -0.25) is 14.4 Å². The van der Waals surface area contributed by atoms with Crippen LogP contribution in [0, 0.1) is 11.8 Å². The zero-order chi connectivity index (χ0) is 48.2. The van der Waals surface area contributed by atoms with Crippen molar-refractivity contribution in [3.63, 3.8) is 0 Å². The fourth-order valence-electron chi connectivity index (χ4n) is 9.20. The maximum Gasteiger partial charge on any atom is 0.306 e. The maximum atomic E-state index is 12.9. The summed E-state index contributed by atoms with van der Waals surface area (Å²) in [5.74, 6) is 0.856. The third kappa shape index (κ3) is 51.8. The molecule has 0 aliphatic rings. The Hall–Kier alpha value is -1.59. The maximum absolute atomic E-state index is 12.9. The van der Waals surface area contributed by atoms with Crippen LogP contribution < -0.4 is 0 Å². The topological polar surface area (TPSA) is 78.9 Å². The van der Waals surface area contributed by atoms with Crippen molar-refractivity contribution < 1.29 is 28.6 Å². The van der Waals surface area contributed by atoms with Crippen LogP contribution in [0.5, 0.6) is 0 Å². The quantitative estimate of drug-likeness (QED) is 0.0343. The Kier molecular flexibility index (Phi) is 51.5. The van der Waals surface area contributed by atoms with E-state index >= 15 is 0 Å². The van der Waals surface area contributed by atoms with E-state index in [4.69, 9.17) is 14.2 Å². The average molecular weight is 934 g/mol. The standard InChI is InChI=1S/C60H116O6/c1-6-8-9-10-11-12-13-14-15-16-17-20-23-26-29-35-40-45-50-58(61)64-53-57(54-65-59(62)51-46-41-36-32-31-34-39-44-49-56(5)7-2)66-60(63)52-47-42-37-30-27-24-21-18-19-22-25-28-33-38-43-48-55(3)4/h55-57H,6-54H2,1-5H3/t56?,57-/m1/s1. The van der Waals surface area contributed by atoms with Gasteiger partial charge in [-0.25, -0.2) is 0 Å². The molecule has 0 saturated carbocycles. The monoisotopic (exact) mass is 933 g/mol. The van der Waals surface area contributed by atoms with Crippen LogP contribution in [0.15, 0.2) is 0 Å². The van der Waals surface area contributed by atoms with Gasteiger partial charge in [0.15, 0.2) is 6.10 Å². The van der Waals surface area contributed by atoms with E-state index in [-0.39, 0.29) is 31.1 Å². The van der Waals surface area contributed by atoms with E-state index in [9.17, 15) is 14.4 Å². The SMILES string of the molecule is CCCCCCCCCCCCCCCCCCCCC(=O)OC[C@H](COC(=O)CCCCCCCCCCC(C)CC)OC(=O)CCCCCCCCCCCCCCCCCC(C)C. The van der Waals surface area contributed by atoms with Gasteiger partial charge in [-0.15, -0.1) is 0 Å². The highest BCUT2D eigenvalue weighted by molar-refractivity contribution is 5.71. The van der Waals surface area contributed by atoms with Crippen LogP contribution in [-0.2, 0) is 28.6 Å². The third-order valence-corrected chi connectivity index (χ3v) is 14.1. The van der Waals surface area contributed by atoms with Gasteiger partial charge in [-0.1, -0.05) is 298 Å². The summed E-state index contributed by atoms with van der Waals surface area (Å²) >= 11 is 0. The van der Waals surface area contributed by atoms with Crippen molar-refractivity contribution in [3.05, 3.63) is 0 Å². The number of carbonyl (C=O) groups is 3. The Labute approximate surface area is 412 Å². The molecular formula is C60H116O6. The Morgan fingerprint density at radius 3 is 0.864 bits per heavy atom. The van der Waals surface area contributed by atoms with Crippen LogP contribution in [-0.4, -0.2) is 37.2 Å². The van der Waals surface area contributed by atoms with Crippen LogP contribution in [0.2, 0.25) is 0 Å².